The third-order valence-corrected chi connectivity index (χ3v) is 3.23. The Morgan fingerprint density at radius 2 is 1.76 bits per heavy atom. The lowest BCUT2D eigenvalue weighted by molar-refractivity contribution is -0.125. The average Bonchev–Trinajstić information content (AvgIpc) is 2.25. The van der Waals surface area contributed by atoms with Gasteiger partial charge in [0.05, 0.1) is 5.92 Å². The van der Waals surface area contributed by atoms with Crippen LogP contribution in [0.1, 0.15) is 53.9 Å². The minimum atomic E-state index is -0.0515. The van der Waals surface area contributed by atoms with Gasteiger partial charge in [-0.3, -0.25) is 4.79 Å². The lowest BCUT2D eigenvalue weighted by atomic mass is 9.84. The molecule has 0 radical (unpaired) electrons. The van der Waals surface area contributed by atoms with Crippen molar-refractivity contribution in [2.75, 3.05) is 13.1 Å². The van der Waals surface area contributed by atoms with E-state index in [1.54, 1.807) is 0 Å². The molecule has 0 aliphatic rings. The lowest BCUT2D eigenvalue weighted by Crippen LogP contribution is -2.39. The van der Waals surface area contributed by atoms with Crippen molar-refractivity contribution in [3.8, 4) is 0 Å². The van der Waals surface area contributed by atoms with E-state index in [4.69, 9.17) is 5.73 Å². The summed E-state index contributed by atoms with van der Waals surface area (Å²) in [7, 11) is 0. The Bertz CT molecular complexity index is 217. The second-order valence-corrected chi connectivity index (χ2v) is 6.13. The molecule has 102 valence electrons. The topological polar surface area (TPSA) is 55.1 Å². The monoisotopic (exact) mass is 242 g/mol. The molecular formula is C14H30N2O. The molecule has 3 N–H and O–H groups in total. The minimum absolute atomic E-state index is 0.0515. The molecule has 0 bridgehead atoms. The number of rotatable bonds is 7. The van der Waals surface area contributed by atoms with Crippen LogP contribution < -0.4 is 11.1 Å². The van der Waals surface area contributed by atoms with Gasteiger partial charge in [0, 0.05) is 13.1 Å². The highest BCUT2D eigenvalue weighted by molar-refractivity contribution is 5.78. The SMILES string of the molecule is CCC(CC)CNC(=O)C(CN)CC(C)(C)C. The van der Waals surface area contributed by atoms with Crippen LogP contribution in [0.2, 0.25) is 0 Å². The molecule has 1 amide bonds. The summed E-state index contributed by atoms with van der Waals surface area (Å²) in [5.41, 5.74) is 5.84. The predicted molar refractivity (Wildman–Crippen MR) is 73.7 cm³/mol. The molecule has 0 saturated carbocycles. The van der Waals surface area contributed by atoms with Crippen molar-refractivity contribution >= 4 is 5.91 Å². The van der Waals surface area contributed by atoms with E-state index in [1.807, 2.05) is 0 Å². The van der Waals surface area contributed by atoms with Gasteiger partial charge in [-0.15, -0.1) is 0 Å². The summed E-state index contributed by atoms with van der Waals surface area (Å²) in [5, 5.41) is 3.04. The summed E-state index contributed by atoms with van der Waals surface area (Å²) < 4.78 is 0. The molecule has 3 heteroatoms. The predicted octanol–water partition coefficient (Wildman–Crippen LogP) is 2.55. The van der Waals surface area contributed by atoms with E-state index in [0.717, 1.165) is 25.8 Å². The van der Waals surface area contributed by atoms with Crippen molar-refractivity contribution in [3.63, 3.8) is 0 Å². The first-order valence-electron chi connectivity index (χ1n) is 6.81. The second kappa shape index (κ2) is 7.70. The normalized spacial score (nSPS) is 13.8. The highest BCUT2D eigenvalue weighted by Crippen LogP contribution is 2.24. The van der Waals surface area contributed by atoms with Crippen LogP contribution in [0.3, 0.4) is 0 Å². The van der Waals surface area contributed by atoms with Crippen molar-refractivity contribution in [1.82, 2.24) is 5.32 Å². The van der Waals surface area contributed by atoms with Gasteiger partial charge in [-0.05, 0) is 17.8 Å². The Balaban J connectivity index is 4.17. The molecule has 0 spiro atoms. The van der Waals surface area contributed by atoms with Crippen molar-refractivity contribution in [1.29, 1.82) is 0 Å². The molecular weight excluding hydrogens is 212 g/mol. The second-order valence-electron chi connectivity index (χ2n) is 6.13. The highest BCUT2D eigenvalue weighted by Gasteiger charge is 2.23. The van der Waals surface area contributed by atoms with Crippen LogP contribution in [0.25, 0.3) is 0 Å². The first kappa shape index (κ1) is 16.4. The van der Waals surface area contributed by atoms with Crippen LogP contribution in [0.15, 0.2) is 0 Å². The Labute approximate surface area is 107 Å². The molecule has 0 aliphatic heterocycles. The average molecular weight is 242 g/mol. The third-order valence-electron chi connectivity index (χ3n) is 3.23. The maximum atomic E-state index is 12.0. The zero-order valence-corrected chi connectivity index (χ0v) is 12.2. The number of amides is 1. The fraction of sp³-hybridized carbons (Fsp3) is 0.929. The Hall–Kier alpha value is -0.570. The fourth-order valence-corrected chi connectivity index (χ4v) is 1.99. The van der Waals surface area contributed by atoms with E-state index in [9.17, 15) is 4.79 Å². The maximum Gasteiger partial charge on any atom is 0.224 e. The molecule has 0 aromatic carbocycles. The molecule has 1 atom stereocenters. The van der Waals surface area contributed by atoms with E-state index in [-0.39, 0.29) is 17.2 Å². The van der Waals surface area contributed by atoms with Gasteiger partial charge < -0.3 is 11.1 Å². The van der Waals surface area contributed by atoms with Crippen LogP contribution in [0, 0.1) is 17.3 Å². The first-order valence-corrected chi connectivity index (χ1v) is 6.81. The molecule has 0 rings (SSSR count). The summed E-state index contributed by atoms with van der Waals surface area (Å²) in [5.74, 6) is 0.658. The van der Waals surface area contributed by atoms with E-state index < -0.39 is 0 Å². The van der Waals surface area contributed by atoms with Crippen molar-refractivity contribution < 1.29 is 4.79 Å². The lowest BCUT2D eigenvalue weighted by Gasteiger charge is -2.25. The van der Waals surface area contributed by atoms with Gasteiger partial charge in [0.1, 0.15) is 0 Å². The highest BCUT2D eigenvalue weighted by atomic mass is 16.1. The summed E-state index contributed by atoms with van der Waals surface area (Å²) in [6.07, 6.45) is 3.07. The van der Waals surface area contributed by atoms with Gasteiger partial charge >= 0.3 is 0 Å². The Morgan fingerprint density at radius 1 is 1.24 bits per heavy atom. The van der Waals surface area contributed by atoms with Gasteiger partial charge in [-0.2, -0.15) is 0 Å². The van der Waals surface area contributed by atoms with Crippen LogP contribution in [-0.4, -0.2) is 19.0 Å². The minimum Gasteiger partial charge on any atom is -0.356 e. The number of nitrogens with one attached hydrogen (secondary N) is 1. The van der Waals surface area contributed by atoms with Gasteiger partial charge in [-0.25, -0.2) is 0 Å². The van der Waals surface area contributed by atoms with Gasteiger partial charge in [0.25, 0.3) is 0 Å². The van der Waals surface area contributed by atoms with Crippen molar-refractivity contribution in [2.45, 2.75) is 53.9 Å². The summed E-state index contributed by atoms with van der Waals surface area (Å²) in [6, 6.07) is 0. The van der Waals surface area contributed by atoms with E-state index in [0.29, 0.717) is 12.5 Å². The standard InChI is InChI=1S/C14H30N2O/c1-6-11(7-2)10-16-13(17)12(9-15)8-14(3,4)5/h11-12H,6-10,15H2,1-5H3,(H,16,17). The molecule has 1 unspecified atom stereocenters. The largest absolute Gasteiger partial charge is 0.356 e. The molecule has 0 saturated heterocycles. The number of nitrogens with two attached hydrogens (primary N) is 1. The van der Waals surface area contributed by atoms with Gasteiger partial charge in [-0.1, -0.05) is 47.5 Å². The number of hydrogen-bond acceptors (Lipinski definition) is 2. The van der Waals surface area contributed by atoms with Gasteiger partial charge in [0.15, 0.2) is 0 Å². The summed E-state index contributed by atoms with van der Waals surface area (Å²) >= 11 is 0. The molecule has 3 nitrogen and oxygen atoms in total. The van der Waals surface area contributed by atoms with Crippen molar-refractivity contribution in [2.24, 2.45) is 23.0 Å². The molecule has 0 heterocycles. The summed E-state index contributed by atoms with van der Waals surface area (Å²) in [6.45, 7) is 12.0. The molecule has 0 fully saturated rings. The zero-order valence-electron chi connectivity index (χ0n) is 12.2. The molecule has 0 aromatic heterocycles. The van der Waals surface area contributed by atoms with Crippen LogP contribution in [0.5, 0.6) is 0 Å². The molecule has 0 aromatic rings. The maximum absolute atomic E-state index is 12.0. The molecule has 17 heavy (non-hydrogen) atoms. The Morgan fingerprint density at radius 3 is 2.12 bits per heavy atom. The van der Waals surface area contributed by atoms with Gasteiger partial charge in [0.2, 0.25) is 5.91 Å². The van der Waals surface area contributed by atoms with Crippen molar-refractivity contribution in [3.05, 3.63) is 0 Å². The number of carbonyl (C=O) groups excluding carboxylic acids is 1. The van der Waals surface area contributed by atoms with Crippen LogP contribution in [0.4, 0.5) is 0 Å². The quantitative estimate of drug-likeness (QED) is 0.721. The van der Waals surface area contributed by atoms with E-state index in [2.05, 4.69) is 39.9 Å². The number of hydrogen-bond donors (Lipinski definition) is 2. The Kier molecular flexibility index (Phi) is 7.44. The third kappa shape index (κ3) is 7.37. The zero-order chi connectivity index (χ0) is 13.5. The smallest absolute Gasteiger partial charge is 0.224 e. The fourth-order valence-electron chi connectivity index (χ4n) is 1.99. The van der Waals surface area contributed by atoms with Crippen LogP contribution >= 0.6 is 0 Å². The van der Waals surface area contributed by atoms with Crippen LogP contribution in [-0.2, 0) is 4.79 Å². The van der Waals surface area contributed by atoms with E-state index in [1.165, 1.54) is 0 Å². The summed E-state index contributed by atoms with van der Waals surface area (Å²) in [4.78, 5) is 12.0. The number of carbonyl (C=O) groups is 1. The van der Waals surface area contributed by atoms with E-state index >= 15 is 0 Å². The molecule has 0 aliphatic carbocycles. The first-order chi connectivity index (χ1) is 7.84.